The molecule has 0 aliphatic rings. The first-order valence-electron chi connectivity index (χ1n) is 5.74. The predicted molar refractivity (Wildman–Crippen MR) is 68.7 cm³/mol. The van der Waals surface area contributed by atoms with Crippen LogP contribution in [0.2, 0.25) is 0 Å². The number of ether oxygens (including phenoxy) is 1. The van der Waals surface area contributed by atoms with E-state index in [9.17, 15) is 0 Å². The molecule has 16 heavy (non-hydrogen) atoms. The molecule has 0 aliphatic carbocycles. The van der Waals surface area contributed by atoms with Gasteiger partial charge in [-0.15, -0.1) is 0 Å². The van der Waals surface area contributed by atoms with Crippen molar-refractivity contribution in [1.29, 1.82) is 0 Å². The zero-order valence-electron chi connectivity index (χ0n) is 10.2. The summed E-state index contributed by atoms with van der Waals surface area (Å²) in [5, 5.41) is 0. The molecule has 1 atom stereocenters. The third kappa shape index (κ3) is 4.07. The standard InChI is InChI=1S/C14H21NO/c1-4-13(15)9-12-7-5-6-8-14(12)16-10-11(2)3/h5-8,13H,2,4,9-10,15H2,1,3H3. The summed E-state index contributed by atoms with van der Waals surface area (Å²) in [6.45, 7) is 8.45. The number of rotatable bonds is 6. The fraction of sp³-hybridized carbons (Fsp3) is 0.429. The van der Waals surface area contributed by atoms with Crippen LogP contribution in [0.1, 0.15) is 25.8 Å². The molecule has 0 fully saturated rings. The van der Waals surface area contributed by atoms with Gasteiger partial charge in [0.05, 0.1) is 0 Å². The molecule has 0 saturated carbocycles. The summed E-state index contributed by atoms with van der Waals surface area (Å²) >= 11 is 0. The Morgan fingerprint density at radius 3 is 2.75 bits per heavy atom. The predicted octanol–water partition coefficient (Wildman–Crippen LogP) is 2.92. The van der Waals surface area contributed by atoms with Gasteiger partial charge in [-0.2, -0.15) is 0 Å². The third-order valence-electron chi connectivity index (χ3n) is 2.45. The van der Waals surface area contributed by atoms with Gasteiger partial charge in [-0.05, 0) is 37.0 Å². The van der Waals surface area contributed by atoms with Crippen molar-refractivity contribution in [2.24, 2.45) is 5.73 Å². The minimum Gasteiger partial charge on any atom is -0.489 e. The Bertz CT molecular complexity index is 346. The van der Waals surface area contributed by atoms with E-state index < -0.39 is 0 Å². The number of hydrogen-bond acceptors (Lipinski definition) is 2. The molecule has 0 aliphatic heterocycles. The molecule has 1 unspecified atom stereocenters. The molecule has 0 bridgehead atoms. The Labute approximate surface area is 98.1 Å². The number of nitrogens with two attached hydrogens (primary N) is 1. The van der Waals surface area contributed by atoms with Gasteiger partial charge in [0.2, 0.25) is 0 Å². The van der Waals surface area contributed by atoms with E-state index in [-0.39, 0.29) is 6.04 Å². The van der Waals surface area contributed by atoms with Crippen molar-refractivity contribution in [3.63, 3.8) is 0 Å². The summed E-state index contributed by atoms with van der Waals surface area (Å²) in [7, 11) is 0. The largest absolute Gasteiger partial charge is 0.489 e. The fourth-order valence-corrected chi connectivity index (χ4v) is 1.44. The van der Waals surface area contributed by atoms with E-state index in [1.165, 1.54) is 5.56 Å². The molecular formula is C14H21NO. The minimum absolute atomic E-state index is 0.203. The van der Waals surface area contributed by atoms with Crippen molar-refractivity contribution in [3.8, 4) is 5.75 Å². The fourth-order valence-electron chi connectivity index (χ4n) is 1.44. The summed E-state index contributed by atoms with van der Waals surface area (Å²) in [5.74, 6) is 0.925. The molecule has 1 aromatic carbocycles. The molecule has 1 aromatic rings. The molecule has 88 valence electrons. The summed E-state index contributed by atoms with van der Waals surface area (Å²) in [4.78, 5) is 0. The normalized spacial score (nSPS) is 12.2. The van der Waals surface area contributed by atoms with Gasteiger partial charge in [-0.1, -0.05) is 31.7 Å². The molecule has 0 saturated heterocycles. The van der Waals surface area contributed by atoms with E-state index >= 15 is 0 Å². The minimum atomic E-state index is 0.203. The Balaban J connectivity index is 2.71. The van der Waals surface area contributed by atoms with Crippen LogP contribution < -0.4 is 10.5 Å². The molecule has 0 heterocycles. The highest BCUT2D eigenvalue weighted by Crippen LogP contribution is 2.20. The lowest BCUT2D eigenvalue weighted by molar-refractivity contribution is 0.347. The molecule has 0 aromatic heterocycles. The van der Waals surface area contributed by atoms with Crippen molar-refractivity contribution in [2.75, 3.05) is 6.61 Å². The van der Waals surface area contributed by atoms with Crippen LogP contribution in [-0.4, -0.2) is 12.6 Å². The third-order valence-corrected chi connectivity index (χ3v) is 2.45. The summed E-state index contributed by atoms with van der Waals surface area (Å²) in [6.07, 6.45) is 1.84. The molecule has 0 amide bonds. The average Bonchev–Trinajstić information content (AvgIpc) is 2.27. The van der Waals surface area contributed by atoms with Crippen LogP contribution in [0, 0.1) is 0 Å². The van der Waals surface area contributed by atoms with Gasteiger partial charge in [-0.25, -0.2) is 0 Å². The first-order valence-corrected chi connectivity index (χ1v) is 5.74. The van der Waals surface area contributed by atoms with E-state index in [1.807, 2.05) is 25.1 Å². The molecule has 0 radical (unpaired) electrons. The lowest BCUT2D eigenvalue weighted by Gasteiger charge is -2.14. The highest BCUT2D eigenvalue weighted by atomic mass is 16.5. The maximum absolute atomic E-state index is 5.96. The first kappa shape index (κ1) is 12.8. The summed E-state index contributed by atoms with van der Waals surface area (Å²) in [6, 6.07) is 8.26. The second-order valence-corrected chi connectivity index (χ2v) is 4.23. The van der Waals surface area contributed by atoms with Crippen LogP contribution in [-0.2, 0) is 6.42 Å². The van der Waals surface area contributed by atoms with Crippen LogP contribution >= 0.6 is 0 Å². The highest BCUT2D eigenvalue weighted by Gasteiger charge is 2.07. The Morgan fingerprint density at radius 1 is 1.44 bits per heavy atom. The van der Waals surface area contributed by atoms with Gasteiger partial charge in [0, 0.05) is 6.04 Å². The van der Waals surface area contributed by atoms with E-state index in [4.69, 9.17) is 10.5 Å². The molecule has 2 heteroatoms. The lowest BCUT2D eigenvalue weighted by Crippen LogP contribution is -2.21. The van der Waals surface area contributed by atoms with Gasteiger partial charge < -0.3 is 10.5 Å². The van der Waals surface area contributed by atoms with Gasteiger partial charge in [0.15, 0.2) is 0 Å². The molecule has 1 rings (SSSR count). The number of benzene rings is 1. The SMILES string of the molecule is C=C(C)COc1ccccc1CC(N)CC. The lowest BCUT2D eigenvalue weighted by atomic mass is 10.0. The molecular weight excluding hydrogens is 198 g/mol. The van der Waals surface area contributed by atoms with Gasteiger partial charge in [0.25, 0.3) is 0 Å². The zero-order valence-corrected chi connectivity index (χ0v) is 10.2. The van der Waals surface area contributed by atoms with E-state index in [2.05, 4.69) is 19.6 Å². The van der Waals surface area contributed by atoms with Crippen LogP contribution in [0.25, 0.3) is 0 Å². The van der Waals surface area contributed by atoms with Gasteiger partial charge >= 0.3 is 0 Å². The highest BCUT2D eigenvalue weighted by molar-refractivity contribution is 5.34. The topological polar surface area (TPSA) is 35.2 Å². The van der Waals surface area contributed by atoms with Crippen molar-refractivity contribution in [1.82, 2.24) is 0 Å². The van der Waals surface area contributed by atoms with Crippen LogP contribution in [0.3, 0.4) is 0 Å². The Morgan fingerprint density at radius 2 is 2.12 bits per heavy atom. The van der Waals surface area contributed by atoms with Crippen molar-refractivity contribution < 1.29 is 4.74 Å². The second kappa shape index (κ2) is 6.33. The van der Waals surface area contributed by atoms with Crippen LogP contribution in [0.15, 0.2) is 36.4 Å². The van der Waals surface area contributed by atoms with Gasteiger partial charge in [0.1, 0.15) is 12.4 Å². The molecule has 2 nitrogen and oxygen atoms in total. The quantitative estimate of drug-likeness (QED) is 0.747. The van der Waals surface area contributed by atoms with E-state index in [0.29, 0.717) is 6.61 Å². The van der Waals surface area contributed by atoms with Crippen LogP contribution in [0.4, 0.5) is 0 Å². The zero-order chi connectivity index (χ0) is 12.0. The smallest absolute Gasteiger partial charge is 0.123 e. The molecule has 2 N–H and O–H groups in total. The first-order chi connectivity index (χ1) is 7.63. The Kier molecular flexibility index (Phi) is 5.06. The Hall–Kier alpha value is -1.28. The maximum Gasteiger partial charge on any atom is 0.123 e. The number of hydrogen-bond donors (Lipinski definition) is 1. The van der Waals surface area contributed by atoms with Crippen LogP contribution in [0.5, 0.6) is 5.75 Å². The summed E-state index contributed by atoms with van der Waals surface area (Å²) < 4.78 is 5.69. The van der Waals surface area contributed by atoms with Crippen molar-refractivity contribution >= 4 is 0 Å². The van der Waals surface area contributed by atoms with Crippen molar-refractivity contribution in [3.05, 3.63) is 42.0 Å². The monoisotopic (exact) mass is 219 g/mol. The average molecular weight is 219 g/mol. The van der Waals surface area contributed by atoms with E-state index in [1.54, 1.807) is 0 Å². The second-order valence-electron chi connectivity index (χ2n) is 4.23. The molecule has 0 spiro atoms. The van der Waals surface area contributed by atoms with Gasteiger partial charge in [-0.3, -0.25) is 0 Å². The van der Waals surface area contributed by atoms with E-state index in [0.717, 1.165) is 24.2 Å². The maximum atomic E-state index is 5.96. The number of para-hydroxylation sites is 1. The summed E-state index contributed by atoms with van der Waals surface area (Å²) in [5.41, 5.74) is 8.16. The van der Waals surface area contributed by atoms with Crippen molar-refractivity contribution in [2.45, 2.75) is 32.7 Å².